The summed E-state index contributed by atoms with van der Waals surface area (Å²) in [5.41, 5.74) is 4.34. The predicted octanol–water partition coefficient (Wildman–Crippen LogP) is 3.76. The van der Waals surface area contributed by atoms with Gasteiger partial charge in [0.05, 0.1) is 12.2 Å². The normalized spacial score (nSPS) is 10.2. The Labute approximate surface area is 114 Å². The van der Waals surface area contributed by atoms with Crippen LogP contribution < -0.4 is 0 Å². The Kier molecular flexibility index (Phi) is 4.35. The van der Waals surface area contributed by atoms with Crippen LogP contribution in [0.3, 0.4) is 0 Å². The molecule has 0 fully saturated rings. The third kappa shape index (κ3) is 3.68. The van der Waals surface area contributed by atoms with Gasteiger partial charge in [-0.15, -0.1) is 0 Å². The third-order valence-corrected chi connectivity index (χ3v) is 2.99. The fourth-order valence-electron chi connectivity index (χ4n) is 1.91. The maximum absolute atomic E-state index is 11.5. The quantitative estimate of drug-likeness (QED) is 0.776. The molecular weight excluding hydrogens is 236 g/mol. The molecule has 0 heterocycles. The van der Waals surface area contributed by atoms with E-state index in [1.165, 1.54) is 16.7 Å². The molecule has 0 saturated heterocycles. The molecule has 0 N–H and O–H groups in total. The van der Waals surface area contributed by atoms with Gasteiger partial charge in [-0.2, -0.15) is 0 Å². The lowest BCUT2D eigenvalue weighted by atomic mass is 10.0. The van der Waals surface area contributed by atoms with Crippen molar-refractivity contribution in [2.75, 3.05) is 6.61 Å². The number of benzene rings is 2. The summed E-state index contributed by atoms with van der Waals surface area (Å²) in [5.74, 6) is -0.260. The van der Waals surface area contributed by atoms with Crippen molar-refractivity contribution in [2.45, 2.75) is 20.3 Å². The van der Waals surface area contributed by atoms with E-state index in [-0.39, 0.29) is 5.97 Å². The van der Waals surface area contributed by atoms with Crippen LogP contribution >= 0.6 is 0 Å². The first-order valence-electron chi connectivity index (χ1n) is 6.50. The van der Waals surface area contributed by atoms with Crippen molar-refractivity contribution < 1.29 is 9.53 Å². The number of hydrogen-bond acceptors (Lipinski definition) is 2. The lowest BCUT2D eigenvalue weighted by Gasteiger charge is -2.05. The molecule has 0 radical (unpaired) electrons. The Hall–Kier alpha value is -2.09. The second kappa shape index (κ2) is 6.19. The highest BCUT2D eigenvalue weighted by molar-refractivity contribution is 5.89. The van der Waals surface area contributed by atoms with Crippen LogP contribution in [0.5, 0.6) is 0 Å². The van der Waals surface area contributed by atoms with Crippen molar-refractivity contribution in [3.63, 3.8) is 0 Å². The molecule has 0 aliphatic rings. The highest BCUT2D eigenvalue weighted by Gasteiger charge is 2.05. The summed E-state index contributed by atoms with van der Waals surface area (Å²) in [7, 11) is 0. The van der Waals surface area contributed by atoms with Gasteiger partial charge >= 0.3 is 5.97 Å². The molecule has 0 spiro atoms. The molecule has 0 bridgehead atoms. The average Bonchev–Trinajstić information content (AvgIpc) is 2.42. The van der Waals surface area contributed by atoms with Crippen molar-refractivity contribution in [1.29, 1.82) is 0 Å². The Balaban J connectivity index is 2.06. The minimum Gasteiger partial charge on any atom is -0.462 e. The molecule has 2 heteroatoms. The number of esters is 1. The highest BCUT2D eigenvalue weighted by Crippen LogP contribution is 2.12. The van der Waals surface area contributed by atoms with Crippen LogP contribution in [-0.2, 0) is 11.2 Å². The maximum Gasteiger partial charge on any atom is 0.338 e. The van der Waals surface area contributed by atoms with Crippen molar-refractivity contribution in [1.82, 2.24) is 0 Å². The molecule has 0 aromatic heterocycles. The van der Waals surface area contributed by atoms with E-state index < -0.39 is 0 Å². The van der Waals surface area contributed by atoms with Crippen molar-refractivity contribution in [2.24, 2.45) is 0 Å². The molecule has 98 valence electrons. The molecule has 0 aliphatic heterocycles. The molecule has 0 saturated carbocycles. The SMILES string of the molecule is CCOC(=O)c1ccc(Cc2ccc(C)cc2)cc1. The molecule has 2 aromatic rings. The molecule has 0 aliphatic carbocycles. The van der Waals surface area contributed by atoms with Gasteiger partial charge in [-0.1, -0.05) is 42.0 Å². The molecular formula is C17H18O2. The highest BCUT2D eigenvalue weighted by atomic mass is 16.5. The zero-order valence-corrected chi connectivity index (χ0v) is 11.3. The summed E-state index contributed by atoms with van der Waals surface area (Å²) in [6, 6.07) is 16.1. The van der Waals surface area contributed by atoms with E-state index in [1.54, 1.807) is 0 Å². The van der Waals surface area contributed by atoms with E-state index in [1.807, 2.05) is 31.2 Å². The Morgan fingerprint density at radius 2 is 1.47 bits per heavy atom. The average molecular weight is 254 g/mol. The standard InChI is InChI=1S/C17H18O2/c1-3-19-17(18)16-10-8-15(9-11-16)12-14-6-4-13(2)5-7-14/h4-11H,3,12H2,1-2H3. The Bertz CT molecular complexity index is 538. The minimum absolute atomic E-state index is 0.260. The molecule has 2 aromatic carbocycles. The van der Waals surface area contributed by atoms with Gasteiger partial charge in [-0.25, -0.2) is 4.79 Å². The number of aryl methyl sites for hydroxylation is 1. The van der Waals surface area contributed by atoms with Gasteiger partial charge in [0.25, 0.3) is 0 Å². The van der Waals surface area contributed by atoms with Gasteiger partial charge in [-0.3, -0.25) is 0 Å². The smallest absolute Gasteiger partial charge is 0.338 e. The van der Waals surface area contributed by atoms with Gasteiger partial charge in [0.2, 0.25) is 0 Å². The van der Waals surface area contributed by atoms with Gasteiger partial charge in [0.15, 0.2) is 0 Å². The first-order valence-corrected chi connectivity index (χ1v) is 6.50. The lowest BCUT2D eigenvalue weighted by Crippen LogP contribution is -2.04. The van der Waals surface area contributed by atoms with E-state index in [9.17, 15) is 4.79 Å². The van der Waals surface area contributed by atoms with E-state index in [0.29, 0.717) is 12.2 Å². The Morgan fingerprint density at radius 1 is 0.947 bits per heavy atom. The summed E-state index contributed by atoms with van der Waals surface area (Å²) in [4.78, 5) is 11.5. The summed E-state index contributed by atoms with van der Waals surface area (Å²) < 4.78 is 4.96. The van der Waals surface area contributed by atoms with E-state index in [0.717, 1.165) is 6.42 Å². The topological polar surface area (TPSA) is 26.3 Å². The molecule has 0 atom stereocenters. The van der Waals surface area contributed by atoms with E-state index in [2.05, 4.69) is 31.2 Å². The first kappa shape index (κ1) is 13.3. The van der Waals surface area contributed by atoms with Gasteiger partial charge in [0.1, 0.15) is 0 Å². The zero-order chi connectivity index (χ0) is 13.7. The molecule has 2 nitrogen and oxygen atoms in total. The fourth-order valence-corrected chi connectivity index (χ4v) is 1.91. The summed E-state index contributed by atoms with van der Waals surface area (Å²) in [6.07, 6.45) is 0.878. The molecule has 2 rings (SSSR count). The Morgan fingerprint density at radius 3 is 2.00 bits per heavy atom. The van der Waals surface area contributed by atoms with Crippen LogP contribution in [0.25, 0.3) is 0 Å². The molecule has 19 heavy (non-hydrogen) atoms. The van der Waals surface area contributed by atoms with Crippen molar-refractivity contribution in [3.05, 3.63) is 70.8 Å². The monoisotopic (exact) mass is 254 g/mol. The predicted molar refractivity (Wildman–Crippen MR) is 76.4 cm³/mol. The lowest BCUT2D eigenvalue weighted by molar-refractivity contribution is 0.0526. The summed E-state index contributed by atoms with van der Waals surface area (Å²) >= 11 is 0. The number of carbonyl (C=O) groups excluding carboxylic acids is 1. The van der Waals surface area contributed by atoms with Crippen LogP contribution in [-0.4, -0.2) is 12.6 Å². The zero-order valence-electron chi connectivity index (χ0n) is 11.3. The van der Waals surface area contributed by atoms with Crippen LogP contribution in [0, 0.1) is 6.92 Å². The van der Waals surface area contributed by atoms with Crippen LogP contribution in [0.1, 0.15) is 34.0 Å². The summed E-state index contributed by atoms with van der Waals surface area (Å²) in [5, 5.41) is 0. The first-order chi connectivity index (χ1) is 9.19. The fraction of sp³-hybridized carbons (Fsp3) is 0.235. The van der Waals surface area contributed by atoms with Crippen molar-refractivity contribution >= 4 is 5.97 Å². The minimum atomic E-state index is -0.260. The van der Waals surface area contributed by atoms with Crippen LogP contribution in [0.15, 0.2) is 48.5 Å². The van der Waals surface area contributed by atoms with E-state index in [4.69, 9.17) is 4.74 Å². The largest absolute Gasteiger partial charge is 0.462 e. The van der Waals surface area contributed by atoms with Crippen LogP contribution in [0.4, 0.5) is 0 Å². The van der Waals surface area contributed by atoms with Crippen LogP contribution in [0.2, 0.25) is 0 Å². The van der Waals surface area contributed by atoms with Gasteiger partial charge < -0.3 is 4.74 Å². The summed E-state index contributed by atoms with van der Waals surface area (Å²) in [6.45, 7) is 4.30. The third-order valence-electron chi connectivity index (χ3n) is 2.99. The number of rotatable bonds is 4. The molecule has 0 amide bonds. The van der Waals surface area contributed by atoms with E-state index >= 15 is 0 Å². The maximum atomic E-state index is 11.5. The second-order valence-corrected chi connectivity index (χ2v) is 4.58. The number of ether oxygens (including phenoxy) is 1. The van der Waals surface area contributed by atoms with Gasteiger partial charge in [0, 0.05) is 0 Å². The van der Waals surface area contributed by atoms with Gasteiger partial charge in [-0.05, 0) is 43.5 Å². The number of carbonyl (C=O) groups is 1. The second-order valence-electron chi connectivity index (χ2n) is 4.58. The van der Waals surface area contributed by atoms with Crippen molar-refractivity contribution in [3.8, 4) is 0 Å². The molecule has 0 unspecified atom stereocenters. The number of hydrogen-bond donors (Lipinski definition) is 0.